The minimum Gasteiger partial charge on any atom is -0.388 e. The third kappa shape index (κ3) is 4.24. The van der Waals surface area contributed by atoms with Gasteiger partial charge in [-0.15, -0.1) is 11.3 Å². The molecule has 1 aliphatic rings. The molecule has 0 aliphatic carbocycles. The zero-order chi connectivity index (χ0) is 14.8. The van der Waals surface area contributed by atoms with Crippen molar-refractivity contribution in [3.63, 3.8) is 0 Å². The zero-order valence-electron chi connectivity index (χ0n) is 12.4. The molecule has 2 rings (SSSR count). The lowest BCUT2D eigenvalue weighted by Crippen LogP contribution is -2.41. The first-order valence-corrected chi connectivity index (χ1v) is 9.04. The van der Waals surface area contributed by atoms with Crippen LogP contribution in [0.1, 0.15) is 47.3 Å². The number of aryl methyl sites for hydroxylation is 1. The number of fused-ring (bicyclic) bond motifs is 1. The number of rotatable bonds is 5. The summed E-state index contributed by atoms with van der Waals surface area (Å²) < 4.78 is 0. The second kappa shape index (κ2) is 6.50. The van der Waals surface area contributed by atoms with Crippen LogP contribution in [0.5, 0.6) is 0 Å². The van der Waals surface area contributed by atoms with E-state index in [1.807, 2.05) is 17.8 Å². The molecule has 1 unspecified atom stereocenters. The molecule has 3 nitrogen and oxygen atoms in total. The highest BCUT2D eigenvalue weighted by Crippen LogP contribution is 2.31. The molecule has 5 heteroatoms. The van der Waals surface area contributed by atoms with Crippen LogP contribution in [0, 0.1) is 5.92 Å². The van der Waals surface area contributed by atoms with Crippen molar-refractivity contribution in [1.82, 2.24) is 5.32 Å². The van der Waals surface area contributed by atoms with Gasteiger partial charge in [0.25, 0.3) is 5.91 Å². The maximum Gasteiger partial charge on any atom is 0.261 e. The van der Waals surface area contributed by atoms with Crippen molar-refractivity contribution < 1.29 is 9.90 Å². The van der Waals surface area contributed by atoms with Crippen LogP contribution in [-0.4, -0.2) is 28.9 Å². The van der Waals surface area contributed by atoms with Gasteiger partial charge in [-0.05, 0) is 43.1 Å². The highest BCUT2D eigenvalue weighted by Gasteiger charge is 2.24. The molecule has 20 heavy (non-hydrogen) atoms. The summed E-state index contributed by atoms with van der Waals surface area (Å²) in [6.45, 7) is 6.23. The maximum atomic E-state index is 12.2. The topological polar surface area (TPSA) is 49.3 Å². The van der Waals surface area contributed by atoms with E-state index in [0.29, 0.717) is 18.9 Å². The Labute approximate surface area is 129 Å². The summed E-state index contributed by atoms with van der Waals surface area (Å²) in [6, 6.07) is 2.01. The standard InChI is InChI=1S/C15H23NO2S2/c1-10(2)7-15(3,18)9-16-14(17)13-6-11-8-19-5-4-12(11)20-13/h6,10,18H,4-5,7-9H2,1-3H3,(H,16,17). The van der Waals surface area contributed by atoms with Gasteiger partial charge in [0.15, 0.2) is 0 Å². The van der Waals surface area contributed by atoms with E-state index in [2.05, 4.69) is 19.2 Å². The molecule has 0 bridgehead atoms. The lowest BCUT2D eigenvalue weighted by Gasteiger charge is -2.25. The maximum absolute atomic E-state index is 12.2. The SMILES string of the molecule is CC(C)CC(C)(O)CNC(=O)c1cc2c(s1)CCSC2. The minimum absolute atomic E-state index is 0.0570. The molecule has 0 fully saturated rings. The molecule has 112 valence electrons. The van der Waals surface area contributed by atoms with E-state index in [9.17, 15) is 9.90 Å². The van der Waals surface area contributed by atoms with E-state index in [-0.39, 0.29) is 5.91 Å². The predicted octanol–water partition coefficient (Wildman–Crippen LogP) is 3.06. The summed E-state index contributed by atoms with van der Waals surface area (Å²) in [5.41, 5.74) is 0.474. The fourth-order valence-corrected chi connectivity index (χ4v) is 4.86. The molecule has 1 atom stereocenters. The molecule has 0 spiro atoms. The normalized spacial score (nSPS) is 17.6. The van der Waals surface area contributed by atoms with Crippen LogP contribution >= 0.6 is 23.1 Å². The lowest BCUT2D eigenvalue weighted by atomic mass is 9.94. The number of thioether (sulfide) groups is 1. The van der Waals surface area contributed by atoms with Crippen molar-refractivity contribution in [3.8, 4) is 0 Å². The molecule has 2 N–H and O–H groups in total. The first-order chi connectivity index (χ1) is 9.37. The van der Waals surface area contributed by atoms with Crippen LogP contribution in [-0.2, 0) is 12.2 Å². The molecule has 0 radical (unpaired) electrons. The molecule has 1 aromatic heterocycles. The van der Waals surface area contributed by atoms with Crippen molar-refractivity contribution >= 4 is 29.0 Å². The van der Waals surface area contributed by atoms with E-state index in [0.717, 1.165) is 22.8 Å². The second-order valence-corrected chi connectivity index (χ2v) is 8.38. The van der Waals surface area contributed by atoms with Crippen LogP contribution in [0.15, 0.2) is 6.07 Å². The highest BCUT2D eigenvalue weighted by molar-refractivity contribution is 7.98. The van der Waals surface area contributed by atoms with Crippen molar-refractivity contribution in [2.45, 2.75) is 45.0 Å². The van der Waals surface area contributed by atoms with Crippen LogP contribution in [0.2, 0.25) is 0 Å². The van der Waals surface area contributed by atoms with E-state index in [1.165, 1.54) is 10.4 Å². The fourth-order valence-electron chi connectivity index (χ4n) is 2.57. The van der Waals surface area contributed by atoms with E-state index in [1.54, 1.807) is 18.3 Å². The zero-order valence-corrected chi connectivity index (χ0v) is 14.0. The quantitative estimate of drug-likeness (QED) is 0.878. The predicted molar refractivity (Wildman–Crippen MR) is 86.6 cm³/mol. The number of nitrogens with one attached hydrogen (secondary N) is 1. The van der Waals surface area contributed by atoms with Crippen LogP contribution < -0.4 is 5.32 Å². The van der Waals surface area contributed by atoms with Crippen LogP contribution in [0.25, 0.3) is 0 Å². The summed E-state index contributed by atoms with van der Waals surface area (Å²) in [5.74, 6) is 2.52. The average Bonchev–Trinajstić information content (AvgIpc) is 2.78. The van der Waals surface area contributed by atoms with Gasteiger partial charge in [0, 0.05) is 17.2 Å². The van der Waals surface area contributed by atoms with Gasteiger partial charge in [0.1, 0.15) is 0 Å². The Morgan fingerprint density at radius 1 is 1.55 bits per heavy atom. The Morgan fingerprint density at radius 3 is 2.95 bits per heavy atom. The molecule has 2 heterocycles. The number of amides is 1. The summed E-state index contributed by atoms with van der Waals surface area (Å²) in [7, 11) is 0. The molecule has 0 saturated heterocycles. The molecule has 0 aromatic carbocycles. The van der Waals surface area contributed by atoms with Crippen molar-refractivity contribution in [2.75, 3.05) is 12.3 Å². The number of hydrogen-bond donors (Lipinski definition) is 2. The summed E-state index contributed by atoms with van der Waals surface area (Å²) >= 11 is 3.52. The Hall–Kier alpha value is -0.520. The third-order valence-electron chi connectivity index (χ3n) is 3.33. The van der Waals surface area contributed by atoms with Gasteiger partial charge in [-0.3, -0.25) is 4.79 Å². The molecule has 1 amide bonds. The van der Waals surface area contributed by atoms with E-state index in [4.69, 9.17) is 0 Å². The van der Waals surface area contributed by atoms with Gasteiger partial charge in [-0.1, -0.05) is 13.8 Å². The van der Waals surface area contributed by atoms with Gasteiger partial charge in [-0.2, -0.15) is 11.8 Å². The Kier molecular flexibility index (Phi) is 5.15. The smallest absolute Gasteiger partial charge is 0.261 e. The first kappa shape index (κ1) is 15.9. The number of carbonyl (C=O) groups is 1. The van der Waals surface area contributed by atoms with Crippen molar-refractivity contribution in [2.24, 2.45) is 5.92 Å². The Morgan fingerprint density at radius 2 is 2.30 bits per heavy atom. The van der Waals surface area contributed by atoms with E-state index >= 15 is 0 Å². The fraction of sp³-hybridized carbons (Fsp3) is 0.667. The Balaban J connectivity index is 1.93. The molecular weight excluding hydrogens is 290 g/mol. The van der Waals surface area contributed by atoms with Crippen LogP contribution in [0.3, 0.4) is 0 Å². The third-order valence-corrected chi connectivity index (χ3v) is 5.57. The monoisotopic (exact) mass is 313 g/mol. The van der Waals surface area contributed by atoms with E-state index < -0.39 is 5.60 Å². The number of thiophene rings is 1. The molecule has 1 aromatic rings. The van der Waals surface area contributed by atoms with Crippen molar-refractivity contribution in [3.05, 3.63) is 21.4 Å². The average molecular weight is 313 g/mol. The van der Waals surface area contributed by atoms with Gasteiger partial charge in [-0.25, -0.2) is 0 Å². The van der Waals surface area contributed by atoms with Gasteiger partial charge < -0.3 is 10.4 Å². The second-order valence-electron chi connectivity index (χ2n) is 6.14. The first-order valence-electron chi connectivity index (χ1n) is 7.07. The molecule has 0 saturated carbocycles. The number of hydrogen-bond acceptors (Lipinski definition) is 4. The minimum atomic E-state index is -0.837. The summed E-state index contributed by atoms with van der Waals surface area (Å²) in [4.78, 5) is 14.3. The molecular formula is C15H23NO2S2. The molecule has 1 aliphatic heterocycles. The van der Waals surface area contributed by atoms with Gasteiger partial charge in [0.2, 0.25) is 0 Å². The summed E-state index contributed by atoms with van der Waals surface area (Å²) in [5, 5.41) is 13.1. The Bertz CT molecular complexity index is 457. The number of aliphatic hydroxyl groups is 1. The number of carbonyl (C=O) groups excluding carboxylic acids is 1. The highest BCUT2D eigenvalue weighted by atomic mass is 32.2. The largest absolute Gasteiger partial charge is 0.388 e. The van der Waals surface area contributed by atoms with Crippen molar-refractivity contribution in [1.29, 1.82) is 0 Å². The summed E-state index contributed by atoms with van der Waals surface area (Å²) in [6.07, 6.45) is 1.76. The van der Waals surface area contributed by atoms with Gasteiger partial charge in [0.05, 0.1) is 10.5 Å². The van der Waals surface area contributed by atoms with Crippen LogP contribution in [0.4, 0.5) is 0 Å². The lowest BCUT2D eigenvalue weighted by molar-refractivity contribution is 0.0369. The van der Waals surface area contributed by atoms with Gasteiger partial charge >= 0.3 is 0 Å².